The van der Waals surface area contributed by atoms with Crippen molar-refractivity contribution in [2.24, 2.45) is 0 Å². The lowest BCUT2D eigenvalue weighted by Gasteiger charge is -2.12. The smallest absolute Gasteiger partial charge is 0.211 e. The van der Waals surface area contributed by atoms with Gasteiger partial charge in [0.1, 0.15) is 10.7 Å². The molecule has 0 N–H and O–H groups in total. The molecule has 1 aromatic heterocycles. The van der Waals surface area contributed by atoms with Crippen LogP contribution >= 0.6 is 0 Å². The van der Waals surface area contributed by atoms with Gasteiger partial charge < -0.3 is 4.57 Å². The van der Waals surface area contributed by atoms with Crippen molar-refractivity contribution in [2.45, 2.75) is 23.3 Å². The minimum atomic E-state index is -3.96. The second-order valence-electron chi connectivity index (χ2n) is 5.09. The molecule has 0 amide bonds. The van der Waals surface area contributed by atoms with E-state index in [-0.39, 0.29) is 15.2 Å². The molecule has 3 rings (SSSR count). The summed E-state index contributed by atoms with van der Waals surface area (Å²) in [7, 11) is -3.96. The van der Waals surface area contributed by atoms with Gasteiger partial charge in [0, 0.05) is 18.1 Å². The van der Waals surface area contributed by atoms with E-state index in [1.807, 2.05) is 6.92 Å². The minimum Gasteiger partial charge on any atom is -0.346 e. The van der Waals surface area contributed by atoms with Crippen molar-refractivity contribution in [3.63, 3.8) is 0 Å². The fourth-order valence-electron chi connectivity index (χ4n) is 2.52. The van der Waals surface area contributed by atoms with Gasteiger partial charge in [-0.15, -0.1) is 0 Å². The second-order valence-corrected chi connectivity index (χ2v) is 7.00. The summed E-state index contributed by atoms with van der Waals surface area (Å²) < 4.78 is 40.6. The summed E-state index contributed by atoms with van der Waals surface area (Å²) in [6.45, 7) is 2.28. The highest BCUT2D eigenvalue weighted by Gasteiger charge is 2.23. The first-order valence-corrected chi connectivity index (χ1v) is 8.56. The van der Waals surface area contributed by atoms with E-state index in [1.54, 1.807) is 22.8 Å². The van der Waals surface area contributed by atoms with Gasteiger partial charge in [0.15, 0.2) is 0 Å². The van der Waals surface area contributed by atoms with Crippen molar-refractivity contribution in [3.05, 3.63) is 70.8 Å². The number of nitrogens with zero attached hydrogens (tertiary/aromatic N) is 1. The molecule has 0 fully saturated rings. The monoisotopic (exact) mass is 331 g/mol. The Kier molecular flexibility index (Phi) is 3.77. The van der Waals surface area contributed by atoms with Crippen molar-refractivity contribution in [1.82, 2.24) is 4.57 Å². The Labute approximate surface area is 132 Å². The molecule has 2 aromatic carbocycles. The van der Waals surface area contributed by atoms with E-state index in [4.69, 9.17) is 0 Å². The van der Waals surface area contributed by atoms with Gasteiger partial charge in [-0.25, -0.2) is 12.8 Å². The predicted molar refractivity (Wildman–Crippen MR) is 85.7 cm³/mol. The molecular weight excluding hydrogens is 317 g/mol. The SMILES string of the molecule is CCn1cc(S(=O)(=O)c2ccccc2)c(=O)c2cc(F)ccc21. The van der Waals surface area contributed by atoms with Crippen LogP contribution in [0.3, 0.4) is 0 Å². The maximum Gasteiger partial charge on any atom is 0.211 e. The molecule has 23 heavy (non-hydrogen) atoms. The summed E-state index contributed by atoms with van der Waals surface area (Å²) in [5.74, 6) is -0.577. The first-order valence-electron chi connectivity index (χ1n) is 7.08. The van der Waals surface area contributed by atoms with Gasteiger partial charge in [0.05, 0.1) is 10.4 Å². The summed E-state index contributed by atoms with van der Waals surface area (Å²) in [4.78, 5) is 12.3. The summed E-state index contributed by atoms with van der Waals surface area (Å²) >= 11 is 0. The first-order chi connectivity index (χ1) is 10.9. The molecule has 0 unspecified atom stereocenters. The van der Waals surface area contributed by atoms with Crippen LogP contribution in [0, 0.1) is 5.82 Å². The Hall–Kier alpha value is -2.47. The van der Waals surface area contributed by atoms with E-state index in [2.05, 4.69) is 0 Å². The van der Waals surface area contributed by atoms with Gasteiger partial charge in [-0.3, -0.25) is 4.79 Å². The topological polar surface area (TPSA) is 56.1 Å². The van der Waals surface area contributed by atoms with Crippen LogP contribution in [-0.2, 0) is 16.4 Å². The van der Waals surface area contributed by atoms with E-state index >= 15 is 0 Å². The molecule has 0 atom stereocenters. The predicted octanol–water partition coefficient (Wildman–Crippen LogP) is 2.99. The van der Waals surface area contributed by atoms with Crippen LogP contribution in [0.25, 0.3) is 10.9 Å². The number of aryl methyl sites for hydroxylation is 1. The fourth-order valence-corrected chi connectivity index (χ4v) is 3.91. The standard InChI is InChI=1S/C17H14FNO3S/c1-2-19-11-16(23(21,22)13-6-4-3-5-7-13)17(20)14-10-12(18)8-9-15(14)19/h3-11H,2H2,1H3. The Balaban J connectivity index is 2.39. The van der Waals surface area contributed by atoms with E-state index in [9.17, 15) is 17.6 Å². The number of benzene rings is 2. The number of halogens is 1. The maximum absolute atomic E-state index is 13.5. The number of hydrogen-bond acceptors (Lipinski definition) is 3. The zero-order valence-corrected chi connectivity index (χ0v) is 13.2. The Morgan fingerprint density at radius 3 is 2.43 bits per heavy atom. The third-order valence-electron chi connectivity index (χ3n) is 3.69. The number of fused-ring (bicyclic) bond motifs is 1. The highest BCUT2D eigenvalue weighted by Crippen LogP contribution is 2.21. The van der Waals surface area contributed by atoms with Crippen molar-refractivity contribution < 1.29 is 12.8 Å². The quantitative estimate of drug-likeness (QED) is 0.741. The molecule has 0 aliphatic carbocycles. The molecule has 0 spiro atoms. The Morgan fingerprint density at radius 2 is 1.78 bits per heavy atom. The van der Waals surface area contributed by atoms with Gasteiger partial charge in [0.25, 0.3) is 0 Å². The van der Waals surface area contributed by atoms with Gasteiger partial charge in [-0.2, -0.15) is 0 Å². The number of rotatable bonds is 3. The van der Waals surface area contributed by atoms with Crippen molar-refractivity contribution in [2.75, 3.05) is 0 Å². The molecule has 0 aliphatic rings. The van der Waals surface area contributed by atoms with Gasteiger partial charge in [-0.1, -0.05) is 18.2 Å². The molecule has 0 bridgehead atoms. The molecule has 6 heteroatoms. The van der Waals surface area contributed by atoms with Crippen LogP contribution in [0.15, 0.2) is 69.3 Å². The highest BCUT2D eigenvalue weighted by molar-refractivity contribution is 7.91. The average Bonchev–Trinajstić information content (AvgIpc) is 2.56. The van der Waals surface area contributed by atoms with Crippen molar-refractivity contribution in [3.8, 4) is 0 Å². The lowest BCUT2D eigenvalue weighted by atomic mass is 10.2. The van der Waals surface area contributed by atoms with Gasteiger partial charge >= 0.3 is 0 Å². The molecule has 1 heterocycles. The molecule has 0 radical (unpaired) electrons. The largest absolute Gasteiger partial charge is 0.346 e. The molecule has 0 aliphatic heterocycles. The van der Waals surface area contributed by atoms with Crippen LogP contribution in [0.1, 0.15) is 6.92 Å². The van der Waals surface area contributed by atoms with E-state index in [1.165, 1.54) is 30.5 Å². The average molecular weight is 331 g/mol. The van der Waals surface area contributed by atoms with E-state index in [0.29, 0.717) is 12.1 Å². The van der Waals surface area contributed by atoms with E-state index in [0.717, 1.165) is 6.07 Å². The molecular formula is C17H14FNO3S. The summed E-state index contributed by atoms with van der Waals surface area (Å²) in [5.41, 5.74) is -0.182. The summed E-state index contributed by atoms with van der Waals surface area (Å²) in [5, 5.41) is 0.0591. The van der Waals surface area contributed by atoms with Crippen LogP contribution in [0.4, 0.5) is 4.39 Å². The van der Waals surface area contributed by atoms with Crippen LogP contribution < -0.4 is 5.43 Å². The molecule has 3 aromatic rings. The number of pyridine rings is 1. The summed E-state index contributed by atoms with van der Waals surface area (Å²) in [6, 6.07) is 11.5. The fraction of sp³-hybridized carbons (Fsp3) is 0.118. The lowest BCUT2D eigenvalue weighted by molar-refractivity contribution is 0.593. The number of hydrogen-bond donors (Lipinski definition) is 0. The zero-order valence-electron chi connectivity index (χ0n) is 12.4. The normalized spacial score (nSPS) is 11.7. The molecule has 0 saturated carbocycles. The van der Waals surface area contributed by atoms with E-state index < -0.39 is 21.1 Å². The summed E-state index contributed by atoms with van der Waals surface area (Å²) in [6.07, 6.45) is 1.32. The lowest BCUT2D eigenvalue weighted by Crippen LogP contribution is -2.19. The number of aromatic nitrogens is 1. The van der Waals surface area contributed by atoms with Crippen molar-refractivity contribution >= 4 is 20.7 Å². The molecule has 118 valence electrons. The van der Waals surface area contributed by atoms with Crippen LogP contribution in [0.2, 0.25) is 0 Å². The van der Waals surface area contributed by atoms with Gasteiger partial charge in [0.2, 0.25) is 15.3 Å². The second kappa shape index (κ2) is 5.62. The number of sulfone groups is 1. The minimum absolute atomic E-state index is 0.0375. The molecule has 0 saturated heterocycles. The van der Waals surface area contributed by atoms with Crippen LogP contribution in [0.5, 0.6) is 0 Å². The van der Waals surface area contributed by atoms with Gasteiger partial charge in [-0.05, 0) is 37.3 Å². The first kappa shape index (κ1) is 15.4. The maximum atomic E-state index is 13.5. The van der Waals surface area contributed by atoms with Crippen LogP contribution in [-0.4, -0.2) is 13.0 Å². The highest BCUT2D eigenvalue weighted by atomic mass is 32.2. The zero-order chi connectivity index (χ0) is 16.6. The Bertz CT molecular complexity index is 1040. The third kappa shape index (κ3) is 2.55. The third-order valence-corrected chi connectivity index (χ3v) is 5.46. The molecule has 4 nitrogen and oxygen atoms in total. The Morgan fingerprint density at radius 1 is 1.09 bits per heavy atom. The van der Waals surface area contributed by atoms with Crippen molar-refractivity contribution in [1.29, 1.82) is 0 Å².